The Morgan fingerprint density at radius 2 is 1.25 bits per heavy atom. The molecule has 0 bridgehead atoms. The molecule has 0 aliphatic rings. The van der Waals surface area contributed by atoms with Gasteiger partial charge >= 0.3 is 0 Å². The van der Waals surface area contributed by atoms with E-state index >= 15 is 0 Å². The molecule has 0 N–H and O–H groups in total. The summed E-state index contributed by atoms with van der Waals surface area (Å²) < 4.78 is 27.6. The maximum absolute atomic E-state index is 14.0. The van der Waals surface area contributed by atoms with Crippen LogP contribution >= 0.6 is 0 Å². The minimum Gasteiger partial charge on any atom is -0.288 e. The summed E-state index contributed by atoms with van der Waals surface area (Å²) in [6, 6.07) is 17.6. The Kier molecular flexibility index (Phi) is 4.26. The van der Waals surface area contributed by atoms with Gasteiger partial charge in [0.1, 0.15) is 0 Å². The van der Waals surface area contributed by atoms with Crippen LogP contribution in [0.15, 0.2) is 60.7 Å². The number of ketones is 1. The van der Waals surface area contributed by atoms with Crippen LogP contribution in [0.2, 0.25) is 0 Å². The molecule has 0 fully saturated rings. The van der Waals surface area contributed by atoms with E-state index in [0.717, 1.165) is 11.1 Å². The predicted octanol–water partition coefficient (Wildman–Crippen LogP) is 5.48. The standard InChI is InChI=1S/C21H16F2O/c1-13-3-6-15(7-4-13)16-8-10-17(11-9-16)21(24)18-12-5-14(2)19(22)20(18)23/h3-12H,1-2H3. The SMILES string of the molecule is Cc1ccc(-c2ccc(C(=O)c3ccc(C)c(F)c3F)cc2)cc1. The first kappa shape index (κ1) is 16.1. The van der Waals surface area contributed by atoms with E-state index in [9.17, 15) is 13.6 Å². The first-order chi connectivity index (χ1) is 11.5. The van der Waals surface area contributed by atoms with Crippen LogP contribution in [0, 0.1) is 25.5 Å². The van der Waals surface area contributed by atoms with Gasteiger partial charge in [0.2, 0.25) is 0 Å². The molecule has 24 heavy (non-hydrogen) atoms. The van der Waals surface area contributed by atoms with Crippen LogP contribution in [0.5, 0.6) is 0 Å². The highest BCUT2D eigenvalue weighted by Crippen LogP contribution is 2.23. The Hall–Kier alpha value is -2.81. The maximum atomic E-state index is 14.0. The molecule has 0 saturated heterocycles. The van der Waals surface area contributed by atoms with Crippen LogP contribution in [-0.4, -0.2) is 5.78 Å². The van der Waals surface area contributed by atoms with Crippen molar-refractivity contribution in [2.45, 2.75) is 13.8 Å². The number of benzene rings is 3. The van der Waals surface area contributed by atoms with Crippen molar-refractivity contribution in [3.63, 3.8) is 0 Å². The average Bonchev–Trinajstić information content (AvgIpc) is 2.60. The number of hydrogen-bond acceptors (Lipinski definition) is 1. The maximum Gasteiger partial charge on any atom is 0.196 e. The van der Waals surface area contributed by atoms with Crippen molar-refractivity contribution in [3.8, 4) is 11.1 Å². The second kappa shape index (κ2) is 6.36. The number of aryl methyl sites for hydroxylation is 2. The fourth-order valence-corrected chi connectivity index (χ4v) is 2.54. The quantitative estimate of drug-likeness (QED) is 0.584. The Morgan fingerprint density at radius 1 is 0.708 bits per heavy atom. The largest absolute Gasteiger partial charge is 0.288 e. The normalized spacial score (nSPS) is 10.7. The summed E-state index contributed by atoms with van der Waals surface area (Å²) in [5.41, 5.74) is 3.42. The fourth-order valence-electron chi connectivity index (χ4n) is 2.54. The molecule has 0 atom stereocenters. The van der Waals surface area contributed by atoms with Crippen LogP contribution in [0.1, 0.15) is 27.0 Å². The van der Waals surface area contributed by atoms with Crippen molar-refractivity contribution in [1.82, 2.24) is 0 Å². The molecule has 0 aliphatic heterocycles. The molecular formula is C21H16F2O. The molecule has 0 amide bonds. The van der Waals surface area contributed by atoms with Gasteiger partial charge in [0.25, 0.3) is 0 Å². The molecule has 0 saturated carbocycles. The van der Waals surface area contributed by atoms with E-state index in [1.54, 1.807) is 24.3 Å². The van der Waals surface area contributed by atoms with Crippen LogP contribution in [0.4, 0.5) is 8.78 Å². The monoisotopic (exact) mass is 322 g/mol. The number of hydrogen-bond donors (Lipinski definition) is 0. The Bertz CT molecular complexity index is 894. The summed E-state index contributed by atoms with van der Waals surface area (Å²) in [5, 5.41) is 0. The van der Waals surface area contributed by atoms with Crippen molar-refractivity contribution in [2.75, 3.05) is 0 Å². The highest BCUT2D eigenvalue weighted by atomic mass is 19.2. The molecule has 1 nitrogen and oxygen atoms in total. The molecule has 3 heteroatoms. The van der Waals surface area contributed by atoms with E-state index in [4.69, 9.17) is 0 Å². The third kappa shape index (κ3) is 2.98. The lowest BCUT2D eigenvalue weighted by Crippen LogP contribution is -2.06. The van der Waals surface area contributed by atoms with Gasteiger partial charge in [-0.1, -0.05) is 60.2 Å². The van der Waals surface area contributed by atoms with Gasteiger partial charge in [-0.3, -0.25) is 4.79 Å². The zero-order valence-electron chi connectivity index (χ0n) is 13.4. The predicted molar refractivity (Wildman–Crippen MR) is 91.1 cm³/mol. The zero-order chi connectivity index (χ0) is 17.3. The molecule has 120 valence electrons. The third-order valence-electron chi connectivity index (χ3n) is 4.05. The molecule has 0 unspecified atom stereocenters. The van der Waals surface area contributed by atoms with E-state index in [2.05, 4.69) is 0 Å². The zero-order valence-corrected chi connectivity index (χ0v) is 13.4. The van der Waals surface area contributed by atoms with Crippen molar-refractivity contribution < 1.29 is 13.6 Å². The van der Waals surface area contributed by atoms with Crippen molar-refractivity contribution in [2.24, 2.45) is 0 Å². The van der Waals surface area contributed by atoms with E-state index in [0.29, 0.717) is 5.56 Å². The average molecular weight is 322 g/mol. The Morgan fingerprint density at radius 3 is 1.83 bits per heavy atom. The number of carbonyl (C=O) groups is 1. The molecule has 0 aliphatic carbocycles. The molecule has 0 spiro atoms. The molecule has 3 aromatic rings. The minimum atomic E-state index is -1.09. The lowest BCUT2D eigenvalue weighted by molar-refractivity contribution is 0.103. The molecule has 0 heterocycles. The summed E-state index contributed by atoms with van der Waals surface area (Å²) in [6.07, 6.45) is 0. The first-order valence-corrected chi connectivity index (χ1v) is 7.64. The van der Waals surface area contributed by atoms with E-state index in [-0.39, 0.29) is 11.1 Å². The number of rotatable bonds is 3. The first-order valence-electron chi connectivity index (χ1n) is 7.64. The number of carbonyl (C=O) groups excluding carboxylic acids is 1. The molecule has 0 aromatic heterocycles. The van der Waals surface area contributed by atoms with Crippen LogP contribution in [0.25, 0.3) is 11.1 Å². The minimum absolute atomic E-state index is 0.179. The summed E-state index contributed by atoms with van der Waals surface area (Å²) in [7, 11) is 0. The lowest BCUT2D eigenvalue weighted by Gasteiger charge is -2.07. The summed E-state index contributed by atoms with van der Waals surface area (Å²) in [5.74, 6) is -2.60. The van der Waals surface area contributed by atoms with E-state index in [1.807, 2.05) is 31.2 Å². The summed E-state index contributed by atoms with van der Waals surface area (Å²) >= 11 is 0. The van der Waals surface area contributed by atoms with Crippen molar-refractivity contribution in [3.05, 3.63) is 94.6 Å². The second-order valence-corrected chi connectivity index (χ2v) is 5.83. The van der Waals surface area contributed by atoms with Gasteiger partial charge in [-0.05, 0) is 36.6 Å². The molecule has 3 aromatic carbocycles. The van der Waals surface area contributed by atoms with Gasteiger partial charge in [-0.2, -0.15) is 0 Å². The van der Waals surface area contributed by atoms with E-state index < -0.39 is 17.4 Å². The Labute approximate surface area is 139 Å². The Balaban J connectivity index is 1.92. The van der Waals surface area contributed by atoms with Gasteiger partial charge in [-0.25, -0.2) is 8.78 Å². The van der Waals surface area contributed by atoms with E-state index in [1.165, 1.54) is 24.6 Å². The number of halogens is 2. The smallest absolute Gasteiger partial charge is 0.196 e. The highest BCUT2D eigenvalue weighted by molar-refractivity contribution is 6.09. The topological polar surface area (TPSA) is 17.1 Å². The van der Waals surface area contributed by atoms with Crippen molar-refractivity contribution in [1.29, 1.82) is 0 Å². The van der Waals surface area contributed by atoms with Crippen LogP contribution in [-0.2, 0) is 0 Å². The van der Waals surface area contributed by atoms with Crippen LogP contribution < -0.4 is 0 Å². The van der Waals surface area contributed by atoms with Gasteiger partial charge in [0, 0.05) is 5.56 Å². The highest BCUT2D eigenvalue weighted by Gasteiger charge is 2.18. The molecule has 3 rings (SSSR count). The lowest BCUT2D eigenvalue weighted by atomic mass is 9.98. The molecular weight excluding hydrogens is 306 g/mol. The molecule has 0 radical (unpaired) electrons. The van der Waals surface area contributed by atoms with Gasteiger partial charge in [0.15, 0.2) is 17.4 Å². The summed E-state index contributed by atoms with van der Waals surface area (Å²) in [6.45, 7) is 3.48. The summed E-state index contributed by atoms with van der Waals surface area (Å²) in [4.78, 5) is 12.4. The third-order valence-corrected chi connectivity index (χ3v) is 4.05. The van der Waals surface area contributed by atoms with Crippen molar-refractivity contribution >= 4 is 5.78 Å². The van der Waals surface area contributed by atoms with Gasteiger partial charge < -0.3 is 0 Å². The van der Waals surface area contributed by atoms with Gasteiger partial charge in [-0.15, -0.1) is 0 Å². The van der Waals surface area contributed by atoms with Crippen LogP contribution in [0.3, 0.4) is 0 Å². The second-order valence-electron chi connectivity index (χ2n) is 5.83. The fraction of sp³-hybridized carbons (Fsp3) is 0.0952. The van der Waals surface area contributed by atoms with Gasteiger partial charge in [0.05, 0.1) is 5.56 Å².